The van der Waals surface area contributed by atoms with Gasteiger partial charge in [-0.25, -0.2) is 0 Å². The van der Waals surface area contributed by atoms with Crippen molar-refractivity contribution in [3.8, 4) is 0 Å². The van der Waals surface area contributed by atoms with Gasteiger partial charge < -0.3 is 15.0 Å². The van der Waals surface area contributed by atoms with E-state index in [-0.39, 0.29) is 0 Å². The van der Waals surface area contributed by atoms with Gasteiger partial charge in [0.15, 0.2) is 0 Å². The Bertz CT molecular complexity index is 153. The fourth-order valence-corrected chi connectivity index (χ4v) is 2.05. The van der Waals surface area contributed by atoms with Crippen LogP contribution in [0.2, 0.25) is 0 Å². The zero-order chi connectivity index (χ0) is 10.9. The Morgan fingerprint density at radius 3 is 3.07 bits per heavy atom. The van der Waals surface area contributed by atoms with Crippen LogP contribution in [0.5, 0.6) is 0 Å². The first-order valence-electron chi connectivity index (χ1n) is 6.37. The van der Waals surface area contributed by atoms with E-state index in [2.05, 4.69) is 24.1 Å². The van der Waals surface area contributed by atoms with E-state index < -0.39 is 0 Å². The highest BCUT2D eigenvalue weighted by atomic mass is 16.5. The number of ether oxygens (including phenoxy) is 1. The van der Waals surface area contributed by atoms with Crippen LogP contribution in [0.4, 0.5) is 0 Å². The van der Waals surface area contributed by atoms with Crippen molar-refractivity contribution in [3.63, 3.8) is 0 Å². The molecule has 0 aromatic rings. The van der Waals surface area contributed by atoms with Gasteiger partial charge in [0.25, 0.3) is 0 Å². The summed E-state index contributed by atoms with van der Waals surface area (Å²) in [6.45, 7) is 11.1. The van der Waals surface area contributed by atoms with E-state index in [0.29, 0.717) is 6.10 Å². The number of hydrogen-bond donors (Lipinski definition) is 1. The summed E-state index contributed by atoms with van der Waals surface area (Å²) in [6, 6.07) is 0. The molecule has 1 aliphatic heterocycles. The molecule has 0 radical (unpaired) electrons. The summed E-state index contributed by atoms with van der Waals surface area (Å²) in [6.07, 6.45) is 4.21. The van der Waals surface area contributed by atoms with Gasteiger partial charge in [-0.3, -0.25) is 0 Å². The lowest BCUT2D eigenvalue weighted by Crippen LogP contribution is -2.31. The van der Waals surface area contributed by atoms with Crippen LogP contribution >= 0.6 is 0 Å². The van der Waals surface area contributed by atoms with Crippen LogP contribution in [-0.2, 0) is 4.74 Å². The molecule has 1 N–H and O–H groups in total. The maximum absolute atomic E-state index is 5.62. The summed E-state index contributed by atoms with van der Waals surface area (Å²) in [5, 5.41) is 3.36. The third kappa shape index (κ3) is 6.13. The van der Waals surface area contributed by atoms with Crippen LogP contribution in [-0.4, -0.2) is 50.3 Å². The molecule has 3 nitrogen and oxygen atoms in total. The fraction of sp³-hybridized carbons (Fsp3) is 1.00. The van der Waals surface area contributed by atoms with Gasteiger partial charge in [-0.1, -0.05) is 6.92 Å². The molecule has 0 spiro atoms. The number of nitrogens with zero attached hydrogens (tertiary/aromatic N) is 1. The van der Waals surface area contributed by atoms with Crippen LogP contribution in [0.25, 0.3) is 0 Å². The second-order valence-corrected chi connectivity index (χ2v) is 4.40. The summed E-state index contributed by atoms with van der Waals surface area (Å²) >= 11 is 0. The van der Waals surface area contributed by atoms with Crippen molar-refractivity contribution in [2.45, 2.75) is 39.2 Å². The summed E-state index contributed by atoms with van der Waals surface area (Å²) < 4.78 is 5.62. The molecule has 0 aromatic heterocycles. The Hall–Kier alpha value is -0.120. The first kappa shape index (κ1) is 12.9. The van der Waals surface area contributed by atoms with Crippen molar-refractivity contribution < 1.29 is 4.74 Å². The maximum atomic E-state index is 5.62. The Kier molecular flexibility index (Phi) is 6.98. The largest absolute Gasteiger partial charge is 0.377 e. The molecule has 0 saturated carbocycles. The molecule has 15 heavy (non-hydrogen) atoms. The van der Waals surface area contributed by atoms with E-state index in [1.165, 1.54) is 32.4 Å². The first-order chi connectivity index (χ1) is 7.33. The zero-order valence-corrected chi connectivity index (χ0v) is 10.3. The van der Waals surface area contributed by atoms with Crippen molar-refractivity contribution in [1.29, 1.82) is 0 Å². The molecule has 90 valence electrons. The summed E-state index contributed by atoms with van der Waals surface area (Å²) in [5.41, 5.74) is 0. The molecule has 0 aliphatic carbocycles. The van der Waals surface area contributed by atoms with Crippen LogP contribution in [0, 0.1) is 0 Å². The topological polar surface area (TPSA) is 24.5 Å². The van der Waals surface area contributed by atoms with Gasteiger partial charge in [0, 0.05) is 19.7 Å². The van der Waals surface area contributed by atoms with E-state index in [1.54, 1.807) is 0 Å². The molecule has 1 heterocycles. The minimum Gasteiger partial charge on any atom is -0.377 e. The Balaban J connectivity index is 2.03. The van der Waals surface area contributed by atoms with Gasteiger partial charge in [-0.05, 0) is 45.8 Å². The third-order valence-corrected chi connectivity index (χ3v) is 2.86. The molecule has 0 aromatic carbocycles. The van der Waals surface area contributed by atoms with Crippen LogP contribution in [0.15, 0.2) is 0 Å². The molecule has 1 saturated heterocycles. The van der Waals surface area contributed by atoms with Gasteiger partial charge in [0.05, 0.1) is 6.10 Å². The normalized spacial score (nSPS) is 24.0. The SMILES string of the molecule is CCNCCCCN1CCCOC(C)C1. The minimum atomic E-state index is 0.418. The van der Waals surface area contributed by atoms with E-state index in [1.807, 2.05) is 0 Å². The molecular formula is C12H26N2O. The van der Waals surface area contributed by atoms with Crippen molar-refractivity contribution in [3.05, 3.63) is 0 Å². The minimum absolute atomic E-state index is 0.418. The van der Waals surface area contributed by atoms with E-state index in [9.17, 15) is 0 Å². The van der Waals surface area contributed by atoms with Gasteiger partial charge >= 0.3 is 0 Å². The molecule has 1 unspecified atom stereocenters. The summed E-state index contributed by atoms with van der Waals surface area (Å²) in [7, 11) is 0. The molecular weight excluding hydrogens is 188 g/mol. The van der Waals surface area contributed by atoms with Crippen LogP contribution < -0.4 is 5.32 Å². The molecule has 1 rings (SSSR count). The first-order valence-corrected chi connectivity index (χ1v) is 6.37. The predicted octanol–water partition coefficient (Wildman–Crippen LogP) is 1.49. The average molecular weight is 214 g/mol. The zero-order valence-electron chi connectivity index (χ0n) is 10.3. The molecule has 3 heteroatoms. The molecule has 1 atom stereocenters. The second kappa shape index (κ2) is 8.08. The number of nitrogens with one attached hydrogen (secondary N) is 1. The number of rotatable bonds is 6. The lowest BCUT2D eigenvalue weighted by atomic mass is 10.2. The molecule has 0 bridgehead atoms. The third-order valence-electron chi connectivity index (χ3n) is 2.86. The second-order valence-electron chi connectivity index (χ2n) is 4.40. The smallest absolute Gasteiger partial charge is 0.0673 e. The Morgan fingerprint density at radius 1 is 1.40 bits per heavy atom. The molecule has 0 amide bonds. The lowest BCUT2D eigenvalue weighted by molar-refractivity contribution is 0.0676. The number of hydrogen-bond acceptors (Lipinski definition) is 3. The van der Waals surface area contributed by atoms with Gasteiger partial charge in [0.2, 0.25) is 0 Å². The van der Waals surface area contributed by atoms with Crippen molar-refractivity contribution in [1.82, 2.24) is 10.2 Å². The standard InChI is InChI=1S/C12H26N2O/c1-3-13-7-4-5-8-14-9-6-10-15-12(2)11-14/h12-13H,3-11H2,1-2H3. The van der Waals surface area contributed by atoms with Gasteiger partial charge in [0.1, 0.15) is 0 Å². The molecule has 1 fully saturated rings. The van der Waals surface area contributed by atoms with Gasteiger partial charge in [-0.2, -0.15) is 0 Å². The highest BCUT2D eigenvalue weighted by molar-refractivity contribution is 4.66. The fourth-order valence-electron chi connectivity index (χ4n) is 2.05. The summed E-state index contributed by atoms with van der Waals surface area (Å²) in [5.74, 6) is 0. The van der Waals surface area contributed by atoms with E-state index >= 15 is 0 Å². The van der Waals surface area contributed by atoms with Crippen molar-refractivity contribution in [2.24, 2.45) is 0 Å². The lowest BCUT2D eigenvalue weighted by Gasteiger charge is -2.21. The Morgan fingerprint density at radius 2 is 2.27 bits per heavy atom. The highest BCUT2D eigenvalue weighted by Gasteiger charge is 2.13. The van der Waals surface area contributed by atoms with E-state index in [0.717, 1.165) is 26.2 Å². The predicted molar refractivity (Wildman–Crippen MR) is 64.2 cm³/mol. The van der Waals surface area contributed by atoms with Crippen LogP contribution in [0.3, 0.4) is 0 Å². The van der Waals surface area contributed by atoms with Crippen molar-refractivity contribution in [2.75, 3.05) is 39.3 Å². The van der Waals surface area contributed by atoms with Gasteiger partial charge in [-0.15, -0.1) is 0 Å². The monoisotopic (exact) mass is 214 g/mol. The number of unbranched alkanes of at least 4 members (excludes halogenated alkanes) is 1. The summed E-state index contributed by atoms with van der Waals surface area (Å²) in [4.78, 5) is 2.55. The molecule has 1 aliphatic rings. The van der Waals surface area contributed by atoms with E-state index in [4.69, 9.17) is 4.74 Å². The maximum Gasteiger partial charge on any atom is 0.0673 e. The average Bonchev–Trinajstić information content (AvgIpc) is 2.43. The highest BCUT2D eigenvalue weighted by Crippen LogP contribution is 2.06. The Labute approximate surface area is 94.2 Å². The van der Waals surface area contributed by atoms with Crippen molar-refractivity contribution >= 4 is 0 Å². The quantitative estimate of drug-likeness (QED) is 0.678. The van der Waals surface area contributed by atoms with Crippen LogP contribution in [0.1, 0.15) is 33.1 Å².